The molecule has 2 heteroatoms. The lowest BCUT2D eigenvalue weighted by molar-refractivity contribution is 1.19. The van der Waals surface area contributed by atoms with Crippen molar-refractivity contribution in [1.29, 1.82) is 0 Å². The van der Waals surface area contributed by atoms with E-state index in [4.69, 9.17) is 0 Å². The van der Waals surface area contributed by atoms with E-state index in [2.05, 4.69) is 70.3 Å². The van der Waals surface area contributed by atoms with Gasteiger partial charge in [0.15, 0.2) is 0 Å². The molecule has 4 rings (SSSR count). The summed E-state index contributed by atoms with van der Waals surface area (Å²) in [4.78, 5) is 4.68. The summed E-state index contributed by atoms with van der Waals surface area (Å²) >= 11 is 0. The van der Waals surface area contributed by atoms with Gasteiger partial charge < -0.3 is 4.40 Å². The molecule has 0 bridgehead atoms. The van der Waals surface area contributed by atoms with Gasteiger partial charge in [-0.1, -0.05) is 60.7 Å². The molecular formula is C19H14N2. The van der Waals surface area contributed by atoms with Gasteiger partial charge in [0.05, 0.1) is 5.69 Å². The van der Waals surface area contributed by atoms with Crippen LogP contribution in [-0.4, -0.2) is 9.38 Å². The number of rotatable bonds is 2. The fourth-order valence-corrected chi connectivity index (χ4v) is 2.54. The summed E-state index contributed by atoms with van der Waals surface area (Å²) in [7, 11) is 0. The molecule has 0 aliphatic heterocycles. The van der Waals surface area contributed by atoms with E-state index < -0.39 is 0 Å². The monoisotopic (exact) mass is 270 g/mol. The normalized spacial score (nSPS) is 10.9. The Balaban J connectivity index is 1.82. The molecule has 0 saturated heterocycles. The van der Waals surface area contributed by atoms with Gasteiger partial charge in [-0.05, 0) is 23.3 Å². The van der Waals surface area contributed by atoms with Crippen molar-refractivity contribution in [2.75, 3.05) is 0 Å². The van der Waals surface area contributed by atoms with Crippen LogP contribution < -0.4 is 0 Å². The number of benzene rings is 2. The number of fused-ring (bicyclic) bond motifs is 1. The van der Waals surface area contributed by atoms with E-state index in [1.54, 1.807) is 0 Å². The third kappa shape index (κ3) is 2.21. The fraction of sp³-hybridized carbons (Fsp3) is 0. The van der Waals surface area contributed by atoms with E-state index >= 15 is 0 Å². The summed E-state index contributed by atoms with van der Waals surface area (Å²) in [6, 6.07) is 24.8. The maximum absolute atomic E-state index is 4.68. The molecule has 0 fully saturated rings. The first-order valence-corrected chi connectivity index (χ1v) is 7.00. The highest BCUT2D eigenvalue weighted by Gasteiger charge is 2.05. The van der Waals surface area contributed by atoms with Gasteiger partial charge in [-0.25, -0.2) is 4.98 Å². The van der Waals surface area contributed by atoms with Crippen LogP contribution in [0.1, 0.15) is 0 Å². The summed E-state index contributed by atoms with van der Waals surface area (Å²) in [5.74, 6) is 0. The smallest absolute Gasteiger partial charge is 0.137 e. The minimum Gasteiger partial charge on any atom is -0.306 e. The molecule has 0 radical (unpaired) electrons. The molecule has 0 N–H and O–H groups in total. The predicted molar refractivity (Wildman–Crippen MR) is 86.1 cm³/mol. The van der Waals surface area contributed by atoms with Gasteiger partial charge in [-0.2, -0.15) is 0 Å². The first-order chi connectivity index (χ1) is 10.4. The predicted octanol–water partition coefficient (Wildman–Crippen LogP) is 4.67. The highest BCUT2D eigenvalue weighted by Crippen LogP contribution is 2.23. The van der Waals surface area contributed by atoms with Gasteiger partial charge in [0, 0.05) is 18.0 Å². The summed E-state index contributed by atoms with van der Waals surface area (Å²) in [5, 5.41) is 0. The van der Waals surface area contributed by atoms with E-state index in [0.29, 0.717) is 0 Å². The number of hydrogen-bond donors (Lipinski definition) is 0. The van der Waals surface area contributed by atoms with Gasteiger partial charge in [-0.15, -0.1) is 0 Å². The van der Waals surface area contributed by atoms with Crippen LogP contribution >= 0.6 is 0 Å². The second kappa shape index (κ2) is 4.91. The summed E-state index contributed by atoms with van der Waals surface area (Å²) in [5.41, 5.74) is 5.52. The number of imidazole rings is 1. The molecule has 0 amide bonds. The average Bonchev–Trinajstić information content (AvgIpc) is 2.99. The number of nitrogens with zero attached hydrogens (tertiary/aromatic N) is 2. The second-order valence-electron chi connectivity index (χ2n) is 5.04. The maximum atomic E-state index is 4.68. The van der Waals surface area contributed by atoms with Crippen LogP contribution in [0.15, 0.2) is 85.2 Å². The molecule has 0 aliphatic carbocycles. The standard InChI is InChI=1S/C19H14N2/c1-3-7-15(8-4-1)17-11-12-19-20-18(14-21(19)13-17)16-9-5-2-6-10-16/h1-14H. The second-order valence-corrected chi connectivity index (χ2v) is 5.04. The Bertz CT molecular complexity index is 840. The summed E-state index contributed by atoms with van der Waals surface area (Å²) in [6.45, 7) is 0. The van der Waals surface area contributed by atoms with Crippen molar-refractivity contribution >= 4 is 5.65 Å². The molecule has 0 aliphatic rings. The number of hydrogen-bond acceptors (Lipinski definition) is 1. The molecule has 4 aromatic rings. The van der Waals surface area contributed by atoms with Crippen molar-refractivity contribution in [3.05, 3.63) is 85.2 Å². The van der Waals surface area contributed by atoms with Crippen LogP contribution in [0.25, 0.3) is 28.0 Å². The van der Waals surface area contributed by atoms with Gasteiger partial charge in [0.25, 0.3) is 0 Å². The fourth-order valence-electron chi connectivity index (χ4n) is 2.54. The van der Waals surface area contributed by atoms with Crippen LogP contribution in [-0.2, 0) is 0 Å². The molecule has 21 heavy (non-hydrogen) atoms. The molecule has 0 saturated carbocycles. The highest BCUT2D eigenvalue weighted by atomic mass is 15.0. The van der Waals surface area contributed by atoms with E-state index in [9.17, 15) is 0 Å². The lowest BCUT2D eigenvalue weighted by atomic mass is 10.1. The third-order valence-electron chi connectivity index (χ3n) is 3.63. The molecule has 2 heterocycles. The van der Waals surface area contributed by atoms with Crippen molar-refractivity contribution in [3.8, 4) is 22.4 Å². The number of pyridine rings is 1. The summed E-state index contributed by atoms with van der Waals surface area (Å²) < 4.78 is 2.09. The van der Waals surface area contributed by atoms with Crippen LogP contribution in [0.3, 0.4) is 0 Å². The SMILES string of the molecule is c1ccc(-c2ccc3nc(-c4ccccc4)cn3c2)cc1. The molecular weight excluding hydrogens is 256 g/mol. The zero-order valence-electron chi connectivity index (χ0n) is 11.5. The zero-order valence-corrected chi connectivity index (χ0v) is 11.5. The Hall–Kier alpha value is -2.87. The Morgan fingerprint density at radius 1 is 0.571 bits per heavy atom. The minimum absolute atomic E-state index is 0.966. The van der Waals surface area contributed by atoms with Gasteiger partial charge in [0.1, 0.15) is 5.65 Å². The molecule has 0 unspecified atom stereocenters. The van der Waals surface area contributed by atoms with Crippen LogP contribution in [0, 0.1) is 0 Å². The van der Waals surface area contributed by atoms with Crippen molar-refractivity contribution < 1.29 is 0 Å². The van der Waals surface area contributed by atoms with Gasteiger partial charge in [-0.3, -0.25) is 0 Å². The Labute approximate surface area is 123 Å². The van der Waals surface area contributed by atoms with Crippen molar-refractivity contribution in [2.24, 2.45) is 0 Å². The van der Waals surface area contributed by atoms with E-state index in [0.717, 1.165) is 16.9 Å². The van der Waals surface area contributed by atoms with E-state index in [1.165, 1.54) is 11.1 Å². The van der Waals surface area contributed by atoms with Crippen LogP contribution in [0.5, 0.6) is 0 Å². The van der Waals surface area contributed by atoms with Crippen LogP contribution in [0.4, 0.5) is 0 Å². The third-order valence-corrected chi connectivity index (χ3v) is 3.63. The largest absolute Gasteiger partial charge is 0.306 e. The van der Waals surface area contributed by atoms with Crippen molar-refractivity contribution in [1.82, 2.24) is 9.38 Å². The maximum Gasteiger partial charge on any atom is 0.137 e. The molecule has 2 aromatic heterocycles. The Kier molecular flexibility index (Phi) is 2.79. The molecule has 100 valence electrons. The average molecular weight is 270 g/mol. The lowest BCUT2D eigenvalue weighted by Crippen LogP contribution is -1.84. The van der Waals surface area contributed by atoms with Crippen molar-refractivity contribution in [3.63, 3.8) is 0 Å². The first kappa shape index (κ1) is 11.9. The zero-order chi connectivity index (χ0) is 14.1. The van der Waals surface area contributed by atoms with Gasteiger partial charge in [0.2, 0.25) is 0 Å². The highest BCUT2D eigenvalue weighted by molar-refractivity contribution is 5.67. The number of aromatic nitrogens is 2. The molecule has 0 atom stereocenters. The van der Waals surface area contributed by atoms with Crippen LogP contribution in [0.2, 0.25) is 0 Å². The summed E-state index contributed by atoms with van der Waals surface area (Å²) in [6.07, 6.45) is 4.21. The first-order valence-electron chi connectivity index (χ1n) is 7.00. The Morgan fingerprint density at radius 2 is 1.24 bits per heavy atom. The minimum atomic E-state index is 0.966. The molecule has 2 aromatic carbocycles. The van der Waals surface area contributed by atoms with Gasteiger partial charge >= 0.3 is 0 Å². The topological polar surface area (TPSA) is 17.3 Å². The lowest BCUT2D eigenvalue weighted by Gasteiger charge is -2.01. The molecule has 0 spiro atoms. The quantitative estimate of drug-likeness (QED) is 0.517. The van der Waals surface area contributed by atoms with E-state index in [1.807, 2.05) is 24.3 Å². The Morgan fingerprint density at radius 3 is 1.95 bits per heavy atom. The van der Waals surface area contributed by atoms with Crippen molar-refractivity contribution in [2.45, 2.75) is 0 Å². The van der Waals surface area contributed by atoms with E-state index in [-0.39, 0.29) is 0 Å². The molecule has 2 nitrogen and oxygen atoms in total.